The van der Waals surface area contributed by atoms with Gasteiger partial charge in [-0.05, 0) is 29.0 Å². The lowest BCUT2D eigenvalue weighted by atomic mass is 9.85. The Morgan fingerprint density at radius 2 is 1.81 bits per heavy atom. The van der Waals surface area contributed by atoms with Gasteiger partial charge in [-0.25, -0.2) is 0 Å². The van der Waals surface area contributed by atoms with Gasteiger partial charge in [0.2, 0.25) is 0 Å². The van der Waals surface area contributed by atoms with Crippen LogP contribution in [0.3, 0.4) is 0 Å². The number of hydrogen-bond acceptors (Lipinski definition) is 2. The van der Waals surface area contributed by atoms with Gasteiger partial charge in [0.25, 0.3) is 0 Å². The van der Waals surface area contributed by atoms with Gasteiger partial charge >= 0.3 is 0 Å². The van der Waals surface area contributed by atoms with Crippen molar-refractivity contribution in [1.82, 2.24) is 4.98 Å². The molecule has 0 aliphatic rings. The molecule has 3 aromatic rings. The average molecular weight is 277 g/mol. The summed E-state index contributed by atoms with van der Waals surface area (Å²) in [5, 5.41) is 13.1. The molecule has 0 fully saturated rings. The van der Waals surface area contributed by atoms with E-state index in [9.17, 15) is 5.11 Å². The molecule has 1 heterocycles. The standard InChI is InChI=1S/C19H19NO/c1-2-16(14-7-4-3-5-8-14)19(21)18-10-6-9-15-13-20-12-11-17(15)18/h3-13,16,19,21H,2H2,1H3. The minimum Gasteiger partial charge on any atom is -0.388 e. The lowest BCUT2D eigenvalue weighted by Gasteiger charge is -2.23. The molecule has 2 aromatic carbocycles. The van der Waals surface area contributed by atoms with Crippen molar-refractivity contribution in [2.75, 3.05) is 0 Å². The molecule has 0 amide bonds. The van der Waals surface area contributed by atoms with Crippen LogP contribution in [0.15, 0.2) is 67.0 Å². The first-order valence-corrected chi connectivity index (χ1v) is 7.37. The maximum atomic E-state index is 10.9. The molecule has 2 nitrogen and oxygen atoms in total. The zero-order valence-electron chi connectivity index (χ0n) is 12.1. The predicted molar refractivity (Wildman–Crippen MR) is 86.2 cm³/mol. The lowest BCUT2D eigenvalue weighted by molar-refractivity contribution is 0.144. The Labute approximate surface area is 125 Å². The van der Waals surface area contributed by atoms with Crippen LogP contribution < -0.4 is 0 Å². The molecule has 106 valence electrons. The quantitative estimate of drug-likeness (QED) is 0.763. The summed E-state index contributed by atoms with van der Waals surface area (Å²) in [7, 11) is 0. The van der Waals surface area contributed by atoms with Gasteiger partial charge in [0.05, 0.1) is 6.10 Å². The minimum absolute atomic E-state index is 0.102. The summed E-state index contributed by atoms with van der Waals surface area (Å²) in [5.74, 6) is 0.102. The molecule has 0 spiro atoms. The fourth-order valence-corrected chi connectivity index (χ4v) is 2.96. The zero-order chi connectivity index (χ0) is 14.7. The highest BCUT2D eigenvalue weighted by atomic mass is 16.3. The number of rotatable bonds is 4. The third-order valence-electron chi connectivity index (χ3n) is 4.08. The van der Waals surface area contributed by atoms with Gasteiger partial charge in [0.15, 0.2) is 0 Å². The molecule has 2 heteroatoms. The number of fused-ring (bicyclic) bond motifs is 1. The second-order valence-corrected chi connectivity index (χ2v) is 5.31. The van der Waals surface area contributed by atoms with Crippen LogP contribution in [0.25, 0.3) is 10.8 Å². The number of aliphatic hydroxyl groups excluding tert-OH is 1. The van der Waals surface area contributed by atoms with E-state index in [1.165, 1.54) is 5.56 Å². The number of pyridine rings is 1. The molecule has 0 saturated carbocycles. The first kappa shape index (κ1) is 13.8. The minimum atomic E-state index is -0.511. The third-order valence-corrected chi connectivity index (χ3v) is 4.08. The fourth-order valence-electron chi connectivity index (χ4n) is 2.96. The molecule has 0 aliphatic heterocycles. The van der Waals surface area contributed by atoms with Crippen molar-refractivity contribution in [2.45, 2.75) is 25.4 Å². The van der Waals surface area contributed by atoms with E-state index in [2.05, 4.69) is 24.0 Å². The van der Waals surface area contributed by atoms with E-state index in [0.29, 0.717) is 0 Å². The number of hydrogen-bond donors (Lipinski definition) is 1. The van der Waals surface area contributed by atoms with E-state index in [1.807, 2.05) is 48.7 Å². The second-order valence-electron chi connectivity index (χ2n) is 5.31. The normalized spacial score (nSPS) is 14.0. The Hall–Kier alpha value is -2.19. The van der Waals surface area contributed by atoms with E-state index in [1.54, 1.807) is 6.20 Å². The van der Waals surface area contributed by atoms with Crippen molar-refractivity contribution < 1.29 is 5.11 Å². The van der Waals surface area contributed by atoms with Crippen molar-refractivity contribution in [3.05, 3.63) is 78.1 Å². The van der Waals surface area contributed by atoms with Crippen LogP contribution in [0.1, 0.15) is 36.5 Å². The summed E-state index contributed by atoms with van der Waals surface area (Å²) >= 11 is 0. The summed E-state index contributed by atoms with van der Waals surface area (Å²) < 4.78 is 0. The summed E-state index contributed by atoms with van der Waals surface area (Å²) in [5.41, 5.74) is 2.16. The van der Waals surface area contributed by atoms with Gasteiger partial charge in [-0.3, -0.25) is 4.98 Å². The second kappa shape index (κ2) is 6.06. The van der Waals surface area contributed by atoms with Crippen LogP contribution in [0.5, 0.6) is 0 Å². The van der Waals surface area contributed by atoms with Gasteiger partial charge in [0, 0.05) is 23.7 Å². The smallest absolute Gasteiger partial charge is 0.0864 e. The highest BCUT2D eigenvalue weighted by Gasteiger charge is 2.22. The van der Waals surface area contributed by atoms with Gasteiger partial charge in [-0.15, -0.1) is 0 Å². The van der Waals surface area contributed by atoms with Crippen LogP contribution >= 0.6 is 0 Å². The first-order chi connectivity index (χ1) is 10.3. The van der Waals surface area contributed by atoms with Crippen LogP contribution in [0, 0.1) is 0 Å². The summed E-state index contributed by atoms with van der Waals surface area (Å²) in [6.45, 7) is 2.12. The van der Waals surface area contributed by atoms with Crippen molar-refractivity contribution in [3.8, 4) is 0 Å². The molecule has 3 rings (SSSR count). The van der Waals surface area contributed by atoms with E-state index >= 15 is 0 Å². The highest BCUT2D eigenvalue weighted by molar-refractivity contribution is 5.85. The van der Waals surface area contributed by atoms with Crippen molar-refractivity contribution >= 4 is 10.8 Å². The Bertz CT molecular complexity index is 718. The number of nitrogens with zero attached hydrogens (tertiary/aromatic N) is 1. The molecule has 21 heavy (non-hydrogen) atoms. The predicted octanol–water partition coefficient (Wildman–Crippen LogP) is 4.46. The van der Waals surface area contributed by atoms with E-state index < -0.39 is 6.10 Å². The van der Waals surface area contributed by atoms with Crippen LogP contribution in [-0.2, 0) is 0 Å². The van der Waals surface area contributed by atoms with Crippen molar-refractivity contribution in [3.63, 3.8) is 0 Å². The summed E-state index contributed by atoms with van der Waals surface area (Å²) in [4.78, 5) is 4.15. The summed E-state index contributed by atoms with van der Waals surface area (Å²) in [6.07, 6.45) is 4.01. The molecule has 1 N–H and O–H groups in total. The molecule has 0 bridgehead atoms. The van der Waals surface area contributed by atoms with Gasteiger partial charge in [-0.1, -0.05) is 55.5 Å². The zero-order valence-corrected chi connectivity index (χ0v) is 12.1. The van der Waals surface area contributed by atoms with Crippen molar-refractivity contribution in [1.29, 1.82) is 0 Å². The Morgan fingerprint density at radius 3 is 2.57 bits per heavy atom. The molecular weight excluding hydrogens is 258 g/mol. The Balaban J connectivity index is 2.05. The maximum Gasteiger partial charge on any atom is 0.0864 e. The van der Waals surface area contributed by atoms with Gasteiger partial charge < -0.3 is 5.11 Å². The fraction of sp³-hybridized carbons (Fsp3) is 0.211. The maximum absolute atomic E-state index is 10.9. The number of aliphatic hydroxyl groups is 1. The molecule has 2 unspecified atom stereocenters. The van der Waals surface area contributed by atoms with Crippen LogP contribution in [-0.4, -0.2) is 10.1 Å². The Morgan fingerprint density at radius 1 is 1.00 bits per heavy atom. The summed E-state index contributed by atoms with van der Waals surface area (Å²) in [6, 6.07) is 18.2. The average Bonchev–Trinajstić information content (AvgIpc) is 2.56. The molecule has 0 saturated heterocycles. The van der Waals surface area contributed by atoms with Crippen molar-refractivity contribution in [2.24, 2.45) is 0 Å². The Kier molecular flexibility index (Phi) is 3.98. The SMILES string of the molecule is CCC(c1ccccc1)C(O)c1cccc2cnccc12. The van der Waals surface area contributed by atoms with Gasteiger partial charge in [-0.2, -0.15) is 0 Å². The van der Waals surface area contributed by atoms with E-state index in [0.717, 1.165) is 22.8 Å². The first-order valence-electron chi connectivity index (χ1n) is 7.37. The third kappa shape index (κ3) is 2.67. The number of benzene rings is 2. The molecule has 2 atom stereocenters. The molecule has 0 radical (unpaired) electrons. The molecule has 1 aromatic heterocycles. The topological polar surface area (TPSA) is 33.1 Å². The van der Waals surface area contributed by atoms with E-state index in [-0.39, 0.29) is 5.92 Å². The number of aromatic nitrogens is 1. The molecular formula is C19H19NO. The molecule has 0 aliphatic carbocycles. The van der Waals surface area contributed by atoms with Gasteiger partial charge in [0.1, 0.15) is 0 Å². The highest BCUT2D eigenvalue weighted by Crippen LogP contribution is 2.36. The van der Waals surface area contributed by atoms with Crippen LogP contribution in [0.4, 0.5) is 0 Å². The largest absolute Gasteiger partial charge is 0.388 e. The van der Waals surface area contributed by atoms with E-state index in [4.69, 9.17) is 0 Å². The lowest BCUT2D eigenvalue weighted by Crippen LogP contribution is -2.10. The van der Waals surface area contributed by atoms with Crippen LogP contribution in [0.2, 0.25) is 0 Å². The monoisotopic (exact) mass is 277 g/mol.